The Hall–Kier alpha value is -3.20. The highest BCUT2D eigenvalue weighted by Crippen LogP contribution is 2.08. The van der Waals surface area contributed by atoms with E-state index in [9.17, 15) is 19.2 Å². The first kappa shape index (κ1) is 20.8. The minimum absolute atomic E-state index is 0.0355. The first-order valence-corrected chi connectivity index (χ1v) is 7.68. The molecule has 0 radical (unpaired) electrons. The van der Waals surface area contributed by atoms with Crippen molar-refractivity contribution in [1.82, 2.24) is 5.32 Å². The molecule has 11 heteroatoms. The second kappa shape index (κ2) is 9.94. The van der Waals surface area contributed by atoms with Gasteiger partial charge in [-0.1, -0.05) is 0 Å². The van der Waals surface area contributed by atoms with Crippen molar-refractivity contribution in [3.05, 3.63) is 22.1 Å². The van der Waals surface area contributed by atoms with Gasteiger partial charge in [-0.05, 0) is 27.2 Å². The van der Waals surface area contributed by atoms with E-state index in [4.69, 9.17) is 15.0 Å². The summed E-state index contributed by atoms with van der Waals surface area (Å²) >= 11 is 0. The molecule has 0 bridgehead atoms. The molecule has 1 atom stereocenters. The van der Waals surface area contributed by atoms with Gasteiger partial charge in [-0.25, -0.2) is 14.4 Å². The zero-order valence-corrected chi connectivity index (χ0v) is 14.6. The Morgan fingerprint density at radius 1 is 1.31 bits per heavy atom. The summed E-state index contributed by atoms with van der Waals surface area (Å²) in [7, 11) is 0. The number of ketones is 1. The fourth-order valence-corrected chi connectivity index (χ4v) is 1.81. The number of hydrogen-bond donors (Lipinski definition) is 2. The van der Waals surface area contributed by atoms with Gasteiger partial charge in [0.25, 0.3) is 0 Å². The van der Waals surface area contributed by atoms with Crippen LogP contribution in [0.1, 0.15) is 38.2 Å². The van der Waals surface area contributed by atoms with Gasteiger partial charge in [0.2, 0.25) is 5.78 Å². The van der Waals surface area contributed by atoms with Crippen LogP contribution in [0.15, 0.2) is 13.6 Å². The number of alkyl carbamates (subject to hydrolysis) is 1. The SMILES string of the molecule is Cc1oc(=O)oc1COC(=O)N[C@@H](CCC(=O)C=[N+]=N)C(=O)OC(C)C. The number of nitrogens with zero attached hydrogens (tertiary/aromatic N) is 1. The lowest BCUT2D eigenvalue weighted by molar-refractivity contribution is -0.150. The molecule has 1 heterocycles. The fraction of sp³-hybridized carbons (Fsp3) is 0.533. The summed E-state index contributed by atoms with van der Waals surface area (Å²) in [5, 5.41) is 2.29. The molecule has 2 N–H and O–H groups in total. The Balaban J connectivity index is 2.66. The maximum Gasteiger partial charge on any atom is 0.519 e. The number of Topliss-reactive ketones (excluding diaryl/α,β-unsaturated/α-hetero) is 1. The van der Waals surface area contributed by atoms with Crippen molar-refractivity contribution in [1.29, 1.82) is 5.53 Å². The normalized spacial score (nSPS) is 11.4. The lowest BCUT2D eigenvalue weighted by atomic mass is 10.1. The van der Waals surface area contributed by atoms with Crippen LogP contribution in [0.25, 0.3) is 0 Å². The van der Waals surface area contributed by atoms with E-state index in [0.717, 1.165) is 6.21 Å². The van der Waals surface area contributed by atoms with Crippen molar-refractivity contribution >= 4 is 24.1 Å². The van der Waals surface area contributed by atoms with Crippen LogP contribution < -0.4 is 11.1 Å². The van der Waals surface area contributed by atoms with Crippen molar-refractivity contribution < 1.29 is 37.5 Å². The molecular weight excluding hydrogens is 350 g/mol. The molecule has 0 aromatic carbocycles. The third-order valence-corrected chi connectivity index (χ3v) is 2.99. The van der Waals surface area contributed by atoms with Crippen molar-refractivity contribution in [2.45, 2.75) is 52.4 Å². The molecule has 26 heavy (non-hydrogen) atoms. The zero-order chi connectivity index (χ0) is 19.7. The van der Waals surface area contributed by atoms with Crippen LogP contribution in [0, 0.1) is 12.5 Å². The van der Waals surface area contributed by atoms with E-state index in [1.165, 1.54) is 6.92 Å². The van der Waals surface area contributed by atoms with Crippen LogP contribution in [0.2, 0.25) is 0 Å². The average Bonchev–Trinajstić information content (AvgIpc) is 2.86. The van der Waals surface area contributed by atoms with Crippen LogP contribution >= 0.6 is 0 Å². The number of nitrogens with one attached hydrogen (secondary N) is 2. The first-order valence-electron chi connectivity index (χ1n) is 7.68. The number of rotatable bonds is 9. The molecular formula is C15H20N3O8+. The Bertz CT molecular complexity index is 757. The quantitative estimate of drug-likeness (QED) is 0.278. The summed E-state index contributed by atoms with van der Waals surface area (Å²) in [6.07, 6.45) is -0.786. The minimum atomic E-state index is -1.13. The highest BCUT2D eigenvalue weighted by atomic mass is 16.6. The van der Waals surface area contributed by atoms with Crippen molar-refractivity contribution in [2.75, 3.05) is 0 Å². The van der Waals surface area contributed by atoms with Gasteiger partial charge < -0.3 is 23.6 Å². The van der Waals surface area contributed by atoms with E-state index in [0.29, 0.717) is 0 Å². The number of ether oxygens (including phenoxy) is 2. The predicted octanol–water partition coefficient (Wildman–Crippen LogP) is 0.747. The van der Waals surface area contributed by atoms with Gasteiger partial charge in [0, 0.05) is 6.42 Å². The van der Waals surface area contributed by atoms with Gasteiger partial charge in [-0.3, -0.25) is 4.79 Å². The molecule has 11 nitrogen and oxygen atoms in total. The molecule has 0 spiro atoms. The zero-order valence-electron chi connectivity index (χ0n) is 14.6. The van der Waals surface area contributed by atoms with E-state index in [1.54, 1.807) is 13.8 Å². The lowest BCUT2D eigenvalue weighted by Crippen LogP contribution is -2.43. The molecule has 0 fully saturated rings. The number of hydrogen-bond acceptors (Lipinski definition) is 9. The summed E-state index contributed by atoms with van der Waals surface area (Å²) in [4.78, 5) is 49.1. The van der Waals surface area contributed by atoms with E-state index >= 15 is 0 Å². The summed E-state index contributed by atoms with van der Waals surface area (Å²) in [6, 6.07) is -1.13. The Kier molecular flexibility index (Phi) is 7.97. The molecule has 0 aliphatic rings. The average molecular weight is 370 g/mol. The number of esters is 1. The minimum Gasteiger partial charge on any atom is -0.461 e. The molecule has 0 aliphatic carbocycles. The van der Waals surface area contributed by atoms with Crippen LogP contribution in [0.5, 0.6) is 0 Å². The van der Waals surface area contributed by atoms with Crippen LogP contribution in [-0.4, -0.2) is 41.0 Å². The molecule has 1 aromatic heterocycles. The topological polar surface area (TPSA) is 163 Å². The van der Waals surface area contributed by atoms with Crippen molar-refractivity contribution in [3.63, 3.8) is 0 Å². The molecule has 0 saturated carbocycles. The Morgan fingerprint density at radius 2 is 2.00 bits per heavy atom. The second-order valence-electron chi connectivity index (χ2n) is 5.46. The highest BCUT2D eigenvalue weighted by molar-refractivity contribution is 6.25. The second-order valence-corrected chi connectivity index (χ2v) is 5.46. The summed E-state index contributed by atoms with van der Waals surface area (Å²) in [5.74, 6) is -1.94. The molecule has 0 aliphatic heterocycles. The Labute approximate surface area is 147 Å². The van der Waals surface area contributed by atoms with Crippen LogP contribution in [0.4, 0.5) is 4.79 Å². The van der Waals surface area contributed by atoms with E-state index in [2.05, 4.69) is 18.9 Å². The first-order chi connectivity index (χ1) is 12.2. The fourth-order valence-electron chi connectivity index (χ4n) is 1.81. The molecule has 1 aromatic rings. The van der Waals surface area contributed by atoms with E-state index < -0.39 is 35.8 Å². The monoisotopic (exact) mass is 370 g/mol. The van der Waals surface area contributed by atoms with E-state index in [1.807, 2.05) is 0 Å². The van der Waals surface area contributed by atoms with Crippen LogP contribution in [-0.2, 0) is 25.7 Å². The van der Waals surface area contributed by atoms with Gasteiger partial charge in [-0.2, -0.15) is 0 Å². The van der Waals surface area contributed by atoms with Gasteiger partial charge in [0.1, 0.15) is 6.04 Å². The summed E-state index contributed by atoms with van der Waals surface area (Å²) in [6.45, 7) is 4.35. The standard InChI is InChI=1S/C15H19N3O8/c1-8(2)24-13(20)11(5-4-10(19)6-17-16)18-14(21)23-7-12-9(3)25-15(22)26-12/h6,8,11,16H,4-5,7H2,1-3H3/p+1/t11-/m0/s1. The molecule has 1 amide bonds. The molecule has 142 valence electrons. The van der Waals surface area contributed by atoms with Gasteiger partial charge in [0.05, 0.1) is 16.4 Å². The van der Waals surface area contributed by atoms with Crippen molar-refractivity contribution in [2.24, 2.45) is 0 Å². The largest absolute Gasteiger partial charge is 0.519 e. The van der Waals surface area contributed by atoms with E-state index in [-0.39, 0.29) is 31.0 Å². The molecule has 1 rings (SSSR count). The number of amides is 1. The van der Waals surface area contributed by atoms with Crippen molar-refractivity contribution in [3.8, 4) is 0 Å². The lowest BCUT2D eigenvalue weighted by Gasteiger charge is -2.18. The highest BCUT2D eigenvalue weighted by Gasteiger charge is 2.25. The number of aryl methyl sites for hydroxylation is 1. The third kappa shape index (κ3) is 7.14. The number of carbonyl (C=O) groups excluding carboxylic acids is 3. The predicted molar refractivity (Wildman–Crippen MR) is 83.6 cm³/mol. The van der Waals surface area contributed by atoms with Gasteiger partial charge in [-0.15, -0.1) is 0 Å². The van der Waals surface area contributed by atoms with Crippen LogP contribution in [0.3, 0.4) is 0 Å². The van der Waals surface area contributed by atoms with Gasteiger partial charge in [0.15, 0.2) is 18.1 Å². The molecule has 0 saturated heterocycles. The Morgan fingerprint density at radius 3 is 2.54 bits per heavy atom. The summed E-state index contributed by atoms with van der Waals surface area (Å²) in [5.41, 5.74) is 6.59. The molecule has 0 unspecified atom stereocenters. The maximum absolute atomic E-state index is 12.0. The summed E-state index contributed by atoms with van der Waals surface area (Å²) < 4.78 is 19.2. The smallest absolute Gasteiger partial charge is 0.461 e. The number of carbonyl (C=O) groups is 3. The maximum atomic E-state index is 12.0. The van der Waals surface area contributed by atoms with Gasteiger partial charge >= 0.3 is 24.1 Å². The third-order valence-electron chi connectivity index (χ3n) is 2.99.